The molecular formula is C33H38N2O5. The van der Waals surface area contributed by atoms with E-state index in [9.17, 15) is 14.7 Å². The van der Waals surface area contributed by atoms with Crippen LogP contribution in [0.25, 0.3) is 5.76 Å². The SMILES string of the molecule is Cc1cc(/C(O)=C2\C(=O)C(=O)N(CCN(C)C)C2c2cccc(OCc3ccccc3)c2)ccc1OCC(C)C. The van der Waals surface area contributed by atoms with Gasteiger partial charge in [0.25, 0.3) is 11.7 Å². The highest BCUT2D eigenvalue weighted by Crippen LogP contribution is 2.40. The Morgan fingerprint density at radius 2 is 1.73 bits per heavy atom. The summed E-state index contributed by atoms with van der Waals surface area (Å²) < 4.78 is 11.9. The maximum absolute atomic E-state index is 13.4. The standard InChI is InChI=1S/C33H38N2O5/c1-22(2)20-40-28-15-14-26(18-23(28)3)31(36)29-30(35(17-16-34(4)5)33(38)32(29)37)25-12-9-13-27(19-25)39-21-24-10-7-6-8-11-24/h6-15,18-19,22,30,36H,16-17,20-21H2,1-5H3/b31-29+. The molecule has 1 aliphatic heterocycles. The Hall–Kier alpha value is -4.10. The lowest BCUT2D eigenvalue weighted by Gasteiger charge is -2.27. The molecule has 1 unspecified atom stereocenters. The number of likely N-dealkylation sites (tertiary alicyclic amines) is 1. The van der Waals surface area contributed by atoms with E-state index in [4.69, 9.17) is 9.47 Å². The number of Topliss-reactive ketones (excluding diaryl/α,β-unsaturated/α-hetero) is 1. The molecule has 1 heterocycles. The molecular weight excluding hydrogens is 504 g/mol. The third-order valence-corrected chi connectivity index (χ3v) is 6.77. The summed E-state index contributed by atoms with van der Waals surface area (Å²) in [6, 6.07) is 21.8. The Kier molecular flexibility index (Phi) is 9.27. The van der Waals surface area contributed by atoms with Gasteiger partial charge in [-0.25, -0.2) is 0 Å². The molecule has 0 bridgehead atoms. The Morgan fingerprint density at radius 3 is 2.40 bits per heavy atom. The molecule has 3 aromatic rings. The van der Waals surface area contributed by atoms with Crippen LogP contribution in [0.2, 0.25) is 0 Å². The molecule has 4 rings (SSSR count). The van der Waals surface area contributed by atoms with Crippen LogP contribution in [0.5, 0.6) is 11.5 Å². The molecule has 1 saturated heterocycles. The van der Waals surface area contributed by atoms with E-state index in [1.54, 1.807) is 18.2 Å². The van der Waals surface area contributed by atoms with Crippen molar-refractivity contribution in [3.8, 4) is 11.5 Å². The van der Waals surface area contributed by atoms with E-state index < -0.39 is 17.7 Å². The minimum atomic E-state index is -0.752. The van der Waals surface area contributed by atoms with Crippen LogP contribution in [0, 0.1) is 12.8 Å². The summed E-state index contributed by atoms with van der Waals surface area (Å²) in [6.07, 6.45) is 0. The van der Waals surface area contributed by atoms with Crippen molar-refractivity contribution in [1.82, 2.24) is 9.80 Å². The first kappa shape index (κ1) is 28.9. The lowest BCUT2D eigenvalue weighted by molar-refractivity contribution is -0.140. The number of aryl methyl sites for hydroxylation is 1. The largest absolute Gasteiger partial charge is 0.507 e. The van der Waals surface area contributed by atoms with Crippen LogP contribution in [-0.4, -0.2) is 60.4 Å². The topological polar surface area (TPSA) is 79.3 Å². The van der Waals surface area contributed by atoms with Crippen molar-refractivity contribution in [2.45, 2.75) is 33.4 Å². The van der Waals surface area contributed by atoms with Gasteiger partial charge in [-0.1, -0.05) is 56.3 Å². The van der Waals surface area contributed by atoms with Crippen molar-refractivity contribution >= 4 is 17.4 Å². The highest BCUT2D eigenvalue weighted by molar-refractivity contribution is 6.46. The number of benzene rings is 3. The van der Waals surface area contributed by atoms with E-state index in [1.165, 1.54) is 4.90 Å². The number of carbonyl (C=O) groups excluding carboxylic acids is 2. The average Bonchev–Trinajstić information content (AvgIpc) is 3.19. The lowest BCUT2D eigenvalue weighted by atomic mass is 9.94. The molecule has 1 aliphatic rings. The molecule has 0 aliphatic carbocycles. The summed E-state index contributed by atoms with van der Waals surface area (Å²) >= 11 is 0. The molecule has 1 amide bonds. The predicted molar refractivity (Wildman–Crippen MR) is 156 cm³/mol. The number of ketones is 1. The summed E-state index contributed by atoms with van der Waals surface area (Å²) in [5, 5.41) is 11.5. The molecule has 1 fully saturated rings. The smallest absolute Gasteiger partial charge is 0.295 e. The first-order valence-electron chi connectivity index (χ1n) is 13.6. The molecule has 40 heavy (non-hydrogen) atoms. The van der Waals surface area contributed by atoms with Gasteiger partial charge in [-0.2, -0.15) is 0 Å². The van der Waals surface area contributed by atoms with Crippen molar-refractivity contribution in [3.05, 3.63) is 101 Å². The molecule has 1 N–H and O–H groups in total. The number of amides is 1. The van der Waals surface area contributed by atoms with Gasteiger partial charge in [0.15, 0.2) is 0 Å². The molecule has 0 aromatic heterocycles. The minimum Gasteiger partial charge on any atom is -0.507 e. The molecule has 3 aromatic carbocycles. The normalized spacial score (nSPS) is 16.7. The Balaban J connectivity index is 1.72. The summed E-state index contributed by atoms with van der Waals surface area (Å²) in [6.45, 7) is 7.90. The van der Waals surface area contributed by atoms with Crippen LogP contribution in [-0.2, 0) is 16.2 Å². The van der Waals surface area contributed by atoms with Gasteiger partial charge in [-0.15, -0.1) is 0 Å². The molecule has 210 valence electrons. The van der Waals surface area contributed by atoms with E-state index in [0.717, 1.165) is 16.9 Å². The zero-order chi connectivity index (χ0) is 28.8. The number of rotatable bonds is 11. The highest BCUT2D eigenvalue weighted by atomic mass is 16.5. The van der Waals surface area contributed by atoms with Crippen LogP contribution >= 0.6 is 0 Å². The Bertz CT molecular complexity index is 1380. The maximum Gasteiger partial charge on any atom is 0.295 e. The second-order valence-electron chi connectivity index (χ2n) is 10.8. The number of likely N-dealkylation sites (N-methyl/N-ethyl adjacent to an activating group) is 1. The fourth-order valence-corrected chi connectivity index (χ4v) is 4.65. The minimum absolute atomic E-state index is 0.0687. The number of ether oxygens (including phenoxy) is 2. The van der Waals surface area contributed by atoms with E-state index in [0.29, 0.717) is 49.1 Å². The summed E-state index contributed by atoms with van der Waals surface area (Å²) in [5.41, 5.74) is 3.08. The number of hydrogen-bond acceptors (Lipinski definition) is 6. The second kappa shape index (κ2) is 12.8. The first-order chi connectivity index (χ1) is 19.2. The number of carbonyl (C=O) groups is 2. The zero-order valence-electron chi connectivity index (χ0n) is 23.9. The van der Waals surface area contributed by atoms with Crippen LogP contribution in [0.1, 0.15) is 42.1 Å². The van der Waals surface area contributed by atoms with Gasteiger partial charge in [0.2, 0.25) is 0 Å². The summed E-state index contributed by atoms with van der Waals surface area (Å²) in [4.78, 5) is 30.2. The predicted octanol–water partition coefficient (Wildman–Crippen LogP) is 5.59. The maximum atomic E-state index is 13.4. The van der Waals surface area contributed by atoms with E-state index >= 15 is 0 Å². The van der Waals surface area contributed by atoms with Crippen LogP contribution in [0.15, 0.2) is 78.4 Å². The Morgan fingerprint density at radius 1 is 0.975 bits per heavy atom. The number of aliphatic hydroxyl groups is 1. The first-order valence-corrected chi connectivity index (χ1v) is 13.6. The van der Waals surface area contributed by atoms with Gasteiger partial charge >= 0.3 is 0 Å². The third kappa shape index (κ3) is 6.72. The number of hydrogen-bond donors (Lipinski definition) is 1. The van der Waals surface area contributed by atoms with Gasteiger partial charge < -0.3 is 24.4 Å². The van der Waals surface area contributed by atoms with Gasteiger partial charge in [0.05, 0.1) is 18.2 Å². The molecule has 1 atom stereocenters. The highest BCUT2D eigenvalue weighted by Gasteiger charge is 2.46. The molecule has 7 nitrogen and oxygen atoms in total. The fraction of sp³-hybridized carbons (Fsp3) is 0.333. The average molecular weight is 543 g/mol. The van der Waals surface area contributed by atoms with Crippen molar-refractivity contribution in [3.63, 3.8) is 0 Å². The van der Waals surface area contributed by atoms with Crippen molar-refractivity contribution in [2.75, 3.05) is 33.8 Å². The monoisotopic (exact) mass is 542 g/mol. The molecule has 0 spiro atoms. The molecule has 0 saturated carbocycles. The van der Waals surface area contributed by atoms with Crippen molar-refractivity contribution < 1.29 is 24.2 Å². The zero-order valence-corrected chi connectivity index (χ0v) is 23.9. The Labute approximate surface area is 236 Å². The summed E-state index contributed by atoms with van der Waals surface area (Å²) in [5.74, 6) is 0.175. The van der Waals surface area contributed by atoms with Crippen molar-refractivity contribution in [1.29, 1.82) is 0 Å². The molecule has 0 radical (unpaired) electrons. The van der Waals surface area contributed by atoms with Crippen molar-refractivity contribution in [2.24, 2.45) is 5.92 Å². The van der Waals surface area contributed by atoms with E-state index in [2.05, 4.69) is 13.8 Å². The van der Waals surface area contributed by atoms with Gasteiger partial charge in [0.1, 0.15) is 23.9 Å². The van der Waals surface area contributed by atoms with E-state index in [-0.39, 0.29) is 11.3 Å². The van der Waals surface area contributed by atoms with Crippen LogP contribution < -0.4 is 9.47 Å². The van der Waals surface area contributed by atoms with Gasteiger partial charge in [0, 0.05) is 18.7 Å². The third-order valence-electron chi connectivity index (χ3n) is 6.77. The number of aliphatic hydroxyl groups excluding tert-OH is 1. The summed E-state index contributed by atoms with van der Waals surface area (Å²) in [7, 11) is 3.82. The fourth-order valence-electron chi connectivity index (χ4n) is 4.65. The van der Waals surface area contributed by atoms with Crippen LogP contribution in [0.4, 0.5) is 0 Å². The number of nitrogens with zero attached hydrogens (tertiary/aromatic N) is 2. The second-order valence-corrected chi connectivity index (χ2v) is 10.8. The van der Waals surface area contributed by atoms with Gasteiger partial charge in [-0.05, 0) is 74.0 Å². The lowest BCUT2D eigenvalue weighted by Crippen LogP contribution is -2.35. The van der Waals surface area contributed by atoms with Crippen LogP contribution in [0.3, 0.4) is 0 Å². The molecule has 7 heteroatoms. The quantitative estimate of drug-likeness (QED) is 0.193. The van der Waals surface area contributed by atoms with Gasteiger partial charge in [-0.3, -0.25) is 9.59 Å². The van der Waals surface area contributed by atoms with E-state index in [1.807, 2.05) is 80.5 Å².